The van der Waals surface area contributed by atoms with Gasteiger partial charge in [-0.3, -0.25) is 9.78 Å². The molecule has 2 N–H and O–H groups in total. The molecule has 2 aromatic rings. The highest BCUT2D eigenvalue weighted by Gasteiger charge is 2.34. The van der Waals surface area contributed by atoms with E-state index in [1.807, 2.05) is 4.90 Å². The van der Waals surface area contributed by atoms with E-state index in [4.69, 9.17) is 0 Å². The monoisotopic (exact) mass is 358 g/mol. The Labute approximate surface area is 152 Å². The van der Waals surface area contributed by atoms with Crippen molar-refractivity contribution in [2.45, 2.75) is 31.3 Å². The molecule has 2 heterocycles. The minimum absolute atomic E-state index is 0.153. The van der Waals surface area contributed by atoms with E-state index in [9.17, 15) is 14.3 Å². The molecule has 3 rings (SSSR count). The van der Waals surface area contributed by atoms with Crippen molar-refractivity contribution in [2.24, 2.45) is 0 Å². The highest BCUT2D eigenvalue weighted by atomic mass is 19.1. The Morgan fingerprint density at radius 3 is 3.04 bits per heavy atom. The summed E-state index contributed by atoms with van der Waals surface area (Å²) >= 11 is 0. The molecular formula is C19H23FN4O2. The number of hydrogen-bond acceptors (Lipinski definition) is 5. The third-order valence-corrected chi connectivity index (χ3v) is 4.57. The van der Waals surface area contributed by atoms with Gasteiger partial charge in [0.15, 0.2) is 0 Å². The maximum absolute atomic E-state index is 13.2. The van der Waals surface area contributed by atoms with Crippen molar-refractivity contribution in [1.29, 1.82) is 0 Å². The lowest BCUT2D eigenvalue weighted by atomic mass is 9.92. The number of anilines is 1. The van der Waals surface area contributed by atoms with Gasteiger partial charge in [-0.2, -0.15) is 0 Å². The van der Waals surface area contributed by atoms with Crippen LogP contribution in [0.2, 0.25) is 0 Å². The molecule has 1 aliphatic heterocycles. The van der Waals surface area contributed by atoms with Gasteiger partial charge in [0.2, 0.25) is 5.91 Å². The van der Waals surface area contributed by atoms with E-state index in [-0.39, 0.29) is 24.7 Å². The predicted octanol–water partition coefficient (Wildman–Crippen LogP) is 1.70. The number of aliphatic hydroxyl groups is 1. The van der Waals surface area contributed by atoms with Crippen molar-refractivity contribution in [3.05, 3.63) is 54.2 Å². The number of rotatable bonds is 6. The van der Waals surface area contributed by atoms with Gasteiger partial charge in [-0.05, 0) is 37.0 Å². The second kappa shape index (κ2) is 8.23. The molecule has 1 saturated heterocycles. The molecule has 1 aromatic heterocycles. The Morgan fingerprint density at radius 1 is 1.38 bits per heavy atom. The van der Waals surface area contributed by atoms with Gasteiger partial charge in [0.05, 0.1) is 11.8 Å². The SMILES string of the molecule is O=C(CCc1cccc(F)c1)NC[C@@]1(O)CCCN(c2cnccn2)C1. The van der Waals surface area contributed by atoms with Crippen LogP contribution in [-0.2, 0) is 11.2 Å². The quantitative estimate of drug-likeness (QED) is 0.822. The van der Waals surface area contributed by atoms with E-state index < -0.39 is 5.60 Å². The number of halogens is 1. The van der Waals surface area contributed by atoms with Gasteiger partial charge in [0, 0.05) is 38.4 Å². The lowest BCUT2D eigenvalue weighted by molar-refractivity contribution is -0.122. The zero-order valence-corrected chi connectivity index (χ0v) is 14.6. The number of carbonyl (C=O) groups excluding carboxylic acids is 1. The Kier molecular flexibility index (Phi) is 5.78. The molecule has 0 aliphatic carbocycles. The van der Waals surface area contributed by atoms with E-state index in [2.05, 4.69) is 15.3 Å². The largest absolute Gasteiger partial charge is 0.386 e. The Balaban J connectivity index is 1.49. The summed E-state index contributed by atoms with van der Waals surface area (Å²) in [5, 5.41) is 13.6. The summed E-state index contributed by atoms with van der Waals surface area (Å²) in [6.07, 6.45) is 7.06. The molecule has 26 heavy (non-hydrogen) atoms. The third kappa shape index (κ3) is 4.98. The van der Waals surface area contributed by atoms with Crippen molar-refractivity contribution >= 4 is 11.7 Å². The number of aryl methyl sites for hydroxylation is 1. The van der Waals surface area contributed by atoms with Crippen LogP contribution in [0.3, 0.4) is 0 Å². The molecule has 6 nitrogen and oxygen atoms in total. The first-order valence-corrected chi connectivity index (χ1v) is 8.79. The molecule has 1 atom stereocenters. The van der Waals surface area contributed by atoms with Gasteiger partial charge in [-0.1, -0.05) is 12.1 Å². The number of benzene rings is 1. The zero-order chi connectivity index (χ0) is 18.4. The Morgan fingerprint density at radius 2 is 2.27 bits per heavy atom. The highest BCUT2D eigenvalue weighted by Crippen LogP contribution is 2.24. The summed E-state index contributed by atoms with van der Waals surface area (Å²) in [5.74, 6) is 0.269. The van der Waals surface area contributed by atoms with Gasteiger partial charge in [-0.15, -0.1) is 0 Å². The first kappa shape index (κ1) is 18.3. The fraction of sp³-hybridized carbons (Fsp3) is 0.421. The number of carbonyl (C=O) groups is 1. The summed E-state index contributed by atoms with van der Waals surface area (Å²) in [7, 11) is 0. The number of β-amino-alcohol motifs (C(OH)–C–C–N with tert-alkyl or cyclic N) is 1. The fourth-order valence-electron chi connectivity index (χ4n) is 3.21. The van der Waals surface area contributed by atoms with Gasteiger partial charge < -0.3 is 15.3 Å². The number of nitrogens with one attached hydrogen (secondary N) is 1. The molecule has 138 valence electrons. The van der Waals surface area contributed by atoms with Crippen LogP contribution in [0.4, 0.5) is 10.2 Å². The maximum Gasteiger partial charge on any atom is 0.220 e. The van der Waals surface area contributed by atoms with Crippen molar-refractivity contribution < 1.29 is 14.3 Å². The summed E-state index contributed by atoms with van der Waals surface area (Å²) in [6, 6.07) is 6.24. The van der Waals surface area contributed by atoms with Crippen LogP contribution in [0.25, 0.3) is 0 Å². The second-order valence-electron chi connectivity index (χ2n) is 6.72. The van der Waals surface area contributed by atoms with E-state index in [0.717, 1.165) is 24.3 Å². The summed E-state index contributed by atoms with van der Waals surface area (Å²) in [5.41, 5.74) is -0.213. The standard InChI is InChI=1S/C19H23FN4O2/c20-16-4-1-3-15(11-16)5-6-18(25)23-13-19(26)7-2-10-24(14-19)17-12-21-8-9-22-17/h1,3-4,8-9,11-12,26H,2,5-7,10,13-14H2,(H,23,25)/t19-/m0/s1. The van der Waals surface area contributed by atoms with Crippen LogP contribution in [0, 0.1) is 5.82 Å². The van der Waals surface area contributed by atoms with Gasteiger partial charge in [0.25, 0.3) is 0 Å². The lowest BCUT2D eigenvalue weighted by Gasteiger charge is -2.39. The summed E-state index contributed by atoms with van der Waals surface area (Å²) < 4.78 is 13.2. The van der Waals surface area contributed by atoms with Crippen LogP contribution in [-0.4, -0.2) is 46.2 Å². The van der Waals surface area contributed by atoms with Crippen molar-refractivity contribution in [2.75, 3.05) is 24.5 Å². The van der Waals surface area contributed by atoms with Crippen molar-refractivity contribution in [3.8, 4) is 0 Å². The zero-order valence-electron chi connectivity index (χ0n) is 14.6. The Hall–Kier alpha value is -2.54. The van der Waals surface area contributed by atoms with Crippen LogP contribution in [0.15, 0.2) is 42.9 Å². The van der Waals surface area contributed by atoms with Gasteiger partial charge >= 0.3 is 0 Å². The van der Waals surface area contributed by atoms with E-state index in [0.29, 0.717) is 19.4 Å². The molecule has 0 spiro atoms. The van der Waals surface area contributed by atoms with Gasteiger partial charge in [0.1, 0.15) is 11.6 Å². The Bertz CT molecular complexity index is 743. The van der Waals surface area contributed by atoms with Gasteiger partial charge in [-0.25, -0.2) is 9.37 Å². The normalized spacial score (nSPS) is 20.0. The predicted molar refractivity (Wildman–Crippen MR) is 96.2 cm³/mol. The minimum atomic E-state index is -0.996. The topological polar surface area (TPSA) is 78.4 Å². The fourth-order valence-corrected chi connectivity index (χ4v) is 3.21. The summed E-state index contributed by atoms with van der Waals surface area (Å²) in [4.78, 5) is 22.4. The summed E-state index contributed by atoms with van der Waals surface area (Å²) in [6.45, 7) is 1.39. The molecule has 1 fully saturated rings. The minimum Gasteiger partial charge on any atom is -0.386 e. The maximum atomic E-state index is 13.2. The van der Waals surface area contributed by atoms with Crippen molar-refractivity contribution in [1.82, 2.24) is 15.3 Å². The first-order valence-electron chi connectivity index (χ1n) is 8.79. The number of piperidine rings is 1. The molecule has 7 heteroatoms. The third-order valence-electron chi connectivity index (χ3n) is 4.57. The number of hydrogen-bond donors (Lipinski definition) is 2. The molecular weight excluding hydrogens is 335 g/mol. The number of amides is 1. The molecule has 0 bridgehead atoms. The lowest BCUT2D eigenvalue weighted by Crippen LogP contribution is -2.54. The molecule has 0 radical (unpaired) electrons. The number of nitrogens with zero attached hydrogens (tertiary/aromatic N) is 3. The smallest absolute Gasteiger partial charge is 0.220 e. The second-order valence-corrected chi connectivity index (χ2v) is 6.72. The van der Waals surface area contributed by atoms with Crippen LogP contribution < -0.4 is 10.2 Å². The van der Waals surface area contributed by atoms with E-state index in [1.165, 1.54) is 12.1 Å². The molecule has 1 amide bonds. The average Bonchev–Trinajstić information content (AvgIpc) is 2.66. The van der Waals surface area contributed by atoms with Crippen LogP contribution in [0.5, 0.6) is 0 Å². The van der Waals surface area contributed by atoms with Crippen LogP contribution >= 0.6 is 0 Å². The van der Waals surface area contributed by atoms with E-state index >= 15 is 0 Å². The van der Waals surface area contributed by atoms with Crippen LogP contribution in [0.1, 0.15) is 24.8 Å². The molecule has 1 aliphatic rings. The first-order chi connectivity index (χ1) is 12.5. The van der Waals surface area contributed by atoms with E-state index in [1.54, 1.807) is 30.7 Å². The number of aromatic nitrogens is 2. The molecule has 0 unspecified atom stereocenters. The average molecular weight is 358 g/mol. The molecule has 1 aromatic carbocycles. The molecule has 0 saturated carbocycles. The van der Waals surface area contributed by atoms with Crippen molar-refractivity contribution in [3.63, 3.8) is 0 Å². The highest BCUT2D eigenvalue weighted by molar-refractivity contribution is 5.76.